The molecule has 4 nitrogen and oxygen atoms in total. The Morgan fingerprint density at radius 2 is 1.88 bits per heavy atom. The van der Waals surface area contributed by atoms with Crippen molar-refractivity contribution in [2.24, 2.45) is 5.92 Å². The Kier molecular flexibility index (Phi) is 9.60. The van der Waals surface area contributed by atoms with Crippen molar-refractivity contribution < 1.29 is 19.7 Å². The molecule has 0 aromatic rings. The van der Waals surface area contributed by atoms with Gasteiger partial charge in [0.15, 0.2) is 0 Å². The Morgan fingerprint density at radius 3 is 2.50 bits per heavy atom. The van der Waals surface area contributed by atoms with E-state index in [-0.39, 0.29) is 18.5 Å². The number of ether oxygens (including phenoxy) is 1. The van der Waals surface area contributed by atoms with Gasteiger partial charge in [-0.25, -0.2) is 0 Å². The van der Waals surface area contributed by atoms with E-state index in [1.54, 1.807) is 6.08 Å². The Balaban J connectivity index is 3.09. The number of allylic oxidation sites excluding steroid dienone is 3. The maximum absolute atomic E-state index is 11.2. The number of aliphatic hydroxyl groups excluding tert-OH is 2. The van der Waals surface area contributed by atoms with Crippen LogP contribution in [-0.4, -0.2) is 35.0 Å². The lowest BCUT2D eigenvalue weighted by atomic mass is 9.87. The SMILES string of the molecule is C=C(C)[C@H]1CC/C(C)=C/C/C=C(/C)[C@H](O)CC/C(COC(C)=O)=C\[C@@H]1O. The maximum atomic E-state index is 11.2. The number of hydrogen-bond acceptors (Lipinski definition) is 4. The molecular weight excluding hydrogens is 328 g/mol. The lowest BCUT2D eigenvalue weighted by Crippen LogP contribution is -2.21. The van der Waals surface area contributed by atoms with Crippen molar-refractivity contribution in [2.45, 2.75) is 72.0 Å². The summed E-state index contributed by atoms with van der Waals surface area (Å²) in [5.74, 6) is -0.399. The lowest BCUT2D eigenvalue weighted by molar-refractivity contribution is -0.140. The fraction of sp³-hybridized carbons (Fsp3) is 0.591. The Bertz CT molecular complexity index is 583. The highest BCUT2D eigenvalue weighted by Gasteiger charge is 2.20. The molecule has 2 N–H and O–H groups in total. The van der Waals surface area contributed by atoms with Gasteiger partial charge in [0.1, 0.15) is 6.61 Å². The first kappa shape index (κ1) is 22.4. The molecule has 0 fully saturated rings. The molecule has 0 amide bonds. The van der Waals surface area contributed by atoms with Crippen molar-refractivity contribution in [1.82, 2.24) is 0 Å². The van der Waals surface area contributed by atoms with Gasteiger partial charge in [-0.2, -0.15) is 0 Å². The van der Waals surface area contributed by atoms with E-state index >= 15 is 0 Å². The largest absolute Gasteiger partial charge is 0.461 e. The first-order valence-electron chi connectivity index (χ1n) is 9.37. The first-order valence-corrected chi connectivity index (χ1v) is 9.37. The van der Waals surface area contributed by atoms with E-state index in [0.717, 1.165) is 36.0 Å². The van der Waals surface area contributed by atoms with Crippen LogP contribution in [0.2, 0.25) is 0 Å². The molecule has 146 valence electrons. The van der Waals surface area contributed by atoms with Crippen LogP contribution in [0.25, 0.3) is 0 Å². The minimum atomic E-state index is -0.678. The second kappa shape index (κ2) is 11.1. The van der Waals surface area contributed by atoms with Crippen molar-refractivity contribution in [3.05, 3.63) is 47.1 Å². The molecule has 1 aliphatic rings. The maximum Gasteiger partial charge on any atom is 0.302 e. The summed E-state index contributed by atoms with van der Waals surface area (Å²) >= 11 is 0. The smallest absolute Gasteiger partial charge is 0.302 e. The third-order valence-corrected chi connectivity index (χ3v) is 4.93. The minimum Gasteiger partial charge on any atom is -0.461 e. The summed E-state index contributed by atoms with van der Waals surface area (Å²) in [6.07, 6.45) is 8.38. The molecule has 0 saturated carbocycles. The molecule has 0 spiro atoms. The van der Waals surface area contributed by atoms with E-state index in [4.69, 9.17) is 4.74 Å². The summed E-state index contributed by atoms with van der Waals surface area (Å²) in [5, 5.41) is 21.1. The quantitative estimate of drug-likeness (QED) is 0.582. The summed E-state index contributed by atoms with van der Waals surface area (Å²) in [5.41, 5.74) is 3.98. The predicted molar refractivity (Wildman–Crippen MR) is 106 cm³/mol. The van der Waals surface area contributed by atoms with Crippen LogP contribution >= 0.6 is 0 Å². The van der Waals surface area contributed by atoms with Gasteiger partial charge in [-0.1, -0.05) is 36.0 Å². The highest BCUT2D eigenvalue weighted by Crippen LogP contribution is 2.25. The lowest BCUT2D eigenvalue weighted by Gasteiger charge is -2.23. The van der Waals surface area contributed by atoms with Crippen LogP contribution < -0.4 is 0 Å². The third-order valence-electron chi connectivity index (χ3n) is 4.93. The minimum absolute atomic E-state index is 0.0455. The van der Waals surface area contributed by atoms with Gasteiger partial charge in [-0.15, -0.1) is 0 Å². The van der Waals surface area contributed by atoms with Crippen LogP contribution in [0.4, 0.5) is 0 Å². The van der Waals surface area contributed by atoms with Crippen LogP contribution in [0.15, 0.2) is 47.1 Å². The molecule has 0 aliphatic heterocycles. The van der Waals surface area contributed by atoms with Gasteiger partial charge in [0.05, 0.1) is 12.2 Å². The van der Waals surface area contributed by atoms with Gasteiger partial charge in [0.25, 0.3) is 0 Å². The van der Waals surface area contributed by atoms with E-state index in [0.29, 0.717) is 12.8 Å². The van der Waals surface area contributed by atoms with Gasteiger partial charge in [0.2, 0.25) is 0 Å². The second-order valence-electron chi connectivity index (χ2n) is 7.38. The molecule has 3 atom stereocenters. The van der Waals surface area contributed by atoms with Crippen LogP contribution in [0, 0.1) is 5.92 Å². The van der Waals surface area contributed by atoms with E-state index in [2.05, 4.69) is 25.7 Å². The van der Waals surface area contributed by atoms with Crippen LogP contribution in [0.5, 0.6) is 0 Å². The average Bonchev–Trinajstić information content (AvgIpc) is 2.55. The molecule has 0 bridgehead atoms. The molecule has 0 aromatic carbocycles. The van der Waals surface area contributed by atoms with Crippen molar-refractivity contribution in [3.63, 3.8) is 0 Å². The zero-order valence-electron chi connectivity index (χ0n) is 16.6. The zero-order chi connectivity index (χ0) is 19.7. The van der Waals surface area contributed by atoms with Gasteiger partial charge < -0.3 is 14.9 Å². The highest BCUT2D eigenvalue weighted by atomic mass is 16.5. The van der Waals surface area contributed by atoms with Crippen LogP contribution in [0.1, 0.15) is 59.8 Å². The van der Waals surface area contributed by atoms with Gasteiger partial charge in [-0.3, -0.25) is 4.79 Å². The number of carbonyl (C=O) groups excluding carboxylic acids is 1. The van der Waals surface area contributed by atoms with Gasteiger partial charge in [0, 0.05) is 12.8 Å². The van der Waals surface area contributed by atoms with E-state index in [9.17, 15) is 15.0 Å². The molecule has 0 saturated heterocycles. The van der Waals surface area contributed by atoms with E-state index in [1.165, 1.54) is 12.5 Å². The highest BCUT2D eigenvalue weighted by molar-refractivity contribution is 5.66. The number of carbonyl (C=O) groups is 1. The fourth-order valence-corrected chi connectivity index (χ4v) is 3.08. The number of aliphatic hydroxyl groups is 2. The van der Waals surface area contributed by atoms with Crippen molar-refractivity contribution in [2.75, 3.05) is 6.61 Å². The first-order chi connectivity index (χ1) is 12.2. The third kappa shape index (κ3) is 8.15. The zero-order valence-corrected chi connectivity index (χ0v) is 16.6. The molecule has 0 radical (unpaired) electrons. The monoisotopic (exact) mass is 362 g/mol. The molecule has 1 aliphatic carbocycles. The molecule has 0 aromatic heterocycles. The summed E-state index contributed by atoms with van der Waals surface area (Å²) in [7, 11) is 0. The Hall–Kier alpha value is -1.65. The number of hydrogen-bond donors (Lipinski definition) is 2. The molecule has 0 unspecified atom stereocenters. The van der Waals surface area contributed by atoms with Crippen LogP contribution in [-0.2, 0) is 9.53 Å². The topological polar surface area (TPSA) is 66.8 Å². The standard InChI is InChI=1S/C22H34O4/c1-15(2)20-11-9-16(3)7-6-8-17(4)21(24)12-10-19(13-22(20)25)14-26-18(5)23/h7-8,13,20-22,24-25H,1,6,9-12,14H2,2-5H3/b16-7+,17-8-,19-13+/t20-,21-,22+/m1/s1. The van der Waals surface area contributed by atoms with Crippen molar-refractivity contribution >= 4 is 5.97 Å². The van der Waals surface area contributed by atoms with Gasteiger partial charge in [-0.05, 0) is 64.0 Å². The van der Waals surface area contributed by atoms with E-state index < -0.39 is 12.2 Å². The molecule has 26 heavy (non-hydrogen) atoms. The van der Waals surface area contributed by atoms with Crippen molar-refractivity contribution in [3.8, 4) is 0 Å². The summed E-state index contributed by atoms with van der Waals surface area (Å²) in [6.45, 7) is 11.5. The number of esters is 1. The fourth-order valence-electron chi connectivity index (χ4n) is 3.08. The second-order valence-corrected chi connectivity index (χ2v) is 7.38. The van der Waals surface area contributed by atoms with Gasteiger partial charge >= 0.3 is 5.97 Å². The predicted octanol–water partition coefficient (Wildman–Crippen LogP) is 4.25. The summed E-state index contributed by atoms with van der Waals surface area (Å²) < 4.78 is 5.13. The Morgan fingerprint density at radius 1 is 1.19 bits per heavy atom. The summed E-state index contributed by atoms with van der Waals surface area (Å²) in [6, 6.07) is 0. The molecule has 0 heterocycles. The average molecular weight is 363 g/mol. The number of rotatable bonds is 3. The van der Waals surface area contributed by atoms with Crippen LogP contribution in [0.3, 0.4) is 0 Å². The molecule has 4 heteroatoms. The molecule has 1 rings (SSSR count). The Labute approximate surface area is 158 Å². The van der Waals surface area contributed by atoms with E-state index in [1.807, 2.05) is 13.8 Å². The van der Waals surface area contributed by atoms with Crippen molar-refractivity contribution in [1.29, 1.82) is 0 Å². The molecular formula is C22H34O4. The summed E-state index contributed by atoms with van der Waals surface area (Å²) in [4.78, 5) is 11.2. The normalized spacial score (nSPS) is 32.1.